The van der Waals surface area contributed by atoms with E-state index in [4.69, 9.17) is 10.8 Å². The fourth-order valence-electron chi connectivity index (χ4n) is 2.86. The van der Waals surface area contributed by atoms with Crippen molar-refractivity contribution >= 4 is 5.96 Å². The second kappa shape index (κ2) is 9.18. The number of guanidine groups is 1. The van der Waals surface area contributed by atoms with E-state index in [1.54, 1.807) is 0 Å². The molecule has 0 aromatic rings. The summed E-state index contributed by atoms with van der Waals surface area (Å²) in [7, 11) is 0. The van der Waals surface area contributed by atoms with Crippen molar-refractivity contribution < 1.29 is 5.11 Å². The molecule has 0 spiro atoms. The summed E-state index contributed by atoms with van der Waals surface area (Å²) in [6.07, 6.45) is 8.28. The predicted molar refractivity (Wildman–Crippen MR) is 81.1 cm³/mol. The van der Waals surface area contributed by atoms with Crippen molar-refractivity contribution in [3.8, 4) is 0 Å². The first-order valence-corrected chi connectivity index (χ1v) is 7.79. The van der Waals surface area contributed by atoms with Crippen LogP contribution in [0.15, 0.2) is 4.99 Å². The number of hydrogen-bond donors (Lipinski definition) is 3. The molecular formula is C15H31N3O. The van der Waals surface area contributed by atoms with Crippen molar-refractivity contribution in [1.82, 2.24) is 5.32 Å². The number of nitrogens with one attached hydrogen (secondary N) is 1. The van der Waals surface area contributed by atoms with E-state index in [2.05, 4.69) is 24.2 Å². The molecule has 0 heterocycles. The topological polar surface area (TPSA) is 70.6 Å². The fourth-order valence-corrected chi connectivity index (χ4v) is 2.86. The minimum absolute atomic E-state index is 0.239. The number of hydrogen-bond acceptors (Lipinski definition) is 2. The molecule has 1 rings (SSSR count). The van der Waals surface area contributed by atoms with E-state index in [0.717, 1.165) is 19.4 Å². The molecule has 1 unspecified atom stereocenters. The monoisotopic (exact) mass is 269 g/mol. The number of aliphatic hydroxyl groups is 1. The van der Waals surface area contributed by atoms with E-state index in [9.17, 15) is 0 Å². The lowest BCUT2D eigenvalue weighted by Crippen LogP contribution is -2.41. The molecule has 0 aromatic carbocycles. The molecule has 0 bridgehead atoms. The number of nitrogens with zero attached hydrogens (tertiary/aromatic N) is 1. The SMILES string of the molecule is CC(C)CC(CCO)CN=C(N)NC1CCCCC1. The van der Waals surface area contributed by atoms with Gasteiger partial charge in [-0.15, -0.1) is 0 Å². The van der Waals surface area contributed by atoms with E-state index in [1.807, 2.05) is 0 Å². The molecule has 1 aliphatic carbocycles. The van der Waals surface area contributed by atoms with E-state index in [0.29, 0.717) is 23.8 Å². The largest absolute Gasteiger partial charge is 0.396 e. The Kier molecular flexibility index (Phi) is 7.87. The quantitative estimate of drug-likeness (QED) is 0.490. The maximum Gasteiger partial charge on any atom is 0.188 e. The molecule has 1 atom stereocenters. The van der Waals surface area contributed by atoms with Crippen molar-refractivity contribution in [3.05, 3.63) is 0 Å². The molecule has 1 fully saturated rings. The molecule has 0 amide bonds. The van der Waals surface area contributed by atoms with Crippen LogP contribution in [0.1, 0.15) is 58.8 Å². The van der Waals surface area contributed by atoms with Crippen molar-refractivity contribution in [1.29, 1.82) is 0 Å². The van der Waals surface area contributed by atoms with Gasteiger partial charge in [0.15, 0.2) is 5.96 Å². The van der Waals surface area contributed by atoms with Gasteiger partial charge in [0.25, 0.3) is 0 Å². The zero-order chi connectivity index (χ0) is 14.1. The third kappa shape index (κ3) is 7.41. The molecule has 0 radical (unpaired) electrons. The van der Waals surface area contributed by atoms with Gasteiger partial charge in [0.2, 0.25) is 0 Å². The first kappa shape index (κ1) is 16.3. The van der Waals surface area contributed by atoms with Crippen molar-refractivity contribution in [2.24, 2.45) is 22.6 Å². The molecule has 0 saturated heterocycles. The maximum absolute atomic E-state index is 9.08. The Morgan fingerprint density at radius 1 is 1.32 bits per heavy atom. The second-order valence-corrected chi connectivity index (χ2v) is 6.21. The van der Waals surface area contributed by atoms with Gasteiger partial charge in [-0.25, -0.2) is 0 Å². The Labute approximate surface area is 117 Å². The van der Waals surface area contributed by atoms with Gasteiger partial charge in [0, 0.05) is 19.2 Å². The van der Waals surface area contributed by atoms with Gasteiger partial charge in [-0.05, 0) is 37.5 Å². The van der Waals surface area contributed by atoms with Gasteiger partial charge in [-0.1, -0.05) is 33.1 Å². The van der Waals surface area contributed by atoms with E-state index < -0.39 is 0 Å². The Balaban J connectivity index is 2.33. The van der Waals surface area contributed by atoms with Crippen molar-refractivity contribution in [3.63, 3.8) is 0 Å². The number of rotatable bonds is 7. The van der Waals surface area contributed by atoms with Crippen molar-refractivity contribution in [2.45, 2.75) is 64.8 Å². The van der Waals surface area contributed by atoms with Crippen LogP contribution in [0.2, 0.25) is 0 Å². The molecule has 0 aromatic heterocycles. The number of aliphatic hydroxyl groups excluding tert-OH is 1. The Bertz CT molecular complexity index is 260. The zero-order valence-corrected chi connectivity index (χ0v) is 12.6. The summed E-state index contributed by atoms with van der Waals surface area (Å²) >= 11 is 0. The van der Waals surface area contributed by atoms with Crippen molar-refractivity contribution in [2.75, 3.05) is 13.2 Å². The normalized spacial score (nSPS) is 19.7. The Morgan fingerprint density at radius 3 is 2.58 bits per heavy atom. The molecule has 4 N–H and O–H groups in total. The Hall–Kier alpha value is -0.770. The minimum atomic E-state index is 0.239. The first-order chi connectivity index (χ1) is 9.11. The first-order valence-electron chi connectivity index (χ1n) is 7.79. The smallest absolute Gasteiger partial charge is 0.188 e. The minimum Gasteiger partial charge on any atom is -0.396 e. The molecule has 4 heteroatoms. The molecular weight excluding hydrogens is 238 g/mol. The van der Waals surface area contributed by atoms with Crippen LogP contribution in [0.4, 0.5) is 0 Å². The maximum atomic E-state index is 9.08. The number of nitrogens with two attached hydrogens (primary N) is 1. The van der Waals surface area contributed by atoms with E-state index in [-0.39, 0.29) is 6.61 Å². The highest BCUT2D eigenvalue weighted by molar-refractivity contribution is 5.78. The lowest BCUT2D eigenvalue weighted by atomic mass is 9.94. The third-order valence-corrected chi connectivity index (χ3v) is 3.82. The lowest BCUT2D eigenvalue weighted by Gasteiger charge is -2.23. The Morgan fingerprint density at radius 2 is 2.00 bits per heavy atom. The van der Waals surface area contributed by atoms with Crippen LogP contribution in [0.5, 0.6) is 0 Å². The highest BCUT2D eigenvalue weighted by Gasteiger charge is 2.14. The highest BCUT2D eigenvalue weighted by atomic mass is 16.3. The molecule has 0 aliphatic heterocycles. The van der Waals surface area contributed by atoms with Crippen LogP contribution in [-0.4, -0.2) is 30.3 Å². The zero-order valence-electron chi connectivity index (χ0n) is 12.6. The number of aliphatic imine (C=N–C) groups is 1. The summed E-state index contributed by atoms with van der Waals surface area (Å²) < 4.78 is 0. The van der Waals surface area contributed by atoms with Crippen LogP contribution in [0, 0.1) is 11.8 Å². The summed E-state index contributed by atoms with van der Waals surface area (Å²) in [5.74, 6) is 1.66. The standard InChI is InChI=1S/C15H31N3O/c1-12(2)10-13(8-9-19)11-17-15(16)18-14-6-4-3-5-7-14/h12-14,19H,3-11H2,1-2H3,(H3,16,17,18). The van der Waals surface area contributed by atoms with Crippen LogP contribution in [-0.2, 0) is 0 Å². The highest BCUT2D eigenvalue weighted by Crippen LogP contribution is 2.17. The van der Waals surface area contributed by atoms with Gasteiger partial charge in [-0.2, -0.15) is 0 Å². The molecule has 19 heavy (non-hydrogen) atoms. The van der Waals surface area contributed by atoms with Gasteiger partial charge >= 0.3 is 0 Å². The van der Waals surface area contributed by atoms with Gasteiger partial charge in [0.1, 0.15) is 0 Å². The van der Waals surface area contributed by atoms with Crippen LogP contribution in [0.3, 0.4) is 0 Å². The lowest BCUT2D eigenvalue weighted by molar-refractivity contribution is 0.245. The summed E-state index contributed by atoms with van der Waals surface area (Å²) in [6.45, 7) is 5.38. The average molecular weight is 269 g/mol. The van der Waals surface area contributed by atoms with E-state index in [1.165, 1.54) is 32.1 Å². The van der Waals surface area contributed by atoms with E-state index >= 15 is 0 Å². The molecule has 1 aliphatic rings. The van der Waals surface area contributed by atoms with Crippen LogP contribution < -0.4 is 11.1 Å². The third-order valence-electron chi connectivity index (χ3n) is 3.82. The fraction of sp³-hybridized carbons (Fsp3) is 0.933. The summed E-state index contributed by atoms with van der Waals surface area (Å²) in [6, 6.07) is 0.513. The van der Waals surface area contributed by atoms with Crippen LogP contribution in [0.25, 0.3) is 0 Å². The second-order valence-electron chi connectivity index (χ2n) is 6.21. The molecule has 4 nitrogen and oxygen atoms in total. The summed E-state index contributed by atoms with van der Waals surface area (Å²) in [4.78, 5) is 4.46. The molecule has 112 valence electrons. The summed E-state index contributed by atoms with van der Waals surface area (Å²) in [5, 5.41) is 12.4. The van der Waals surface area contributed by atoms with Gasteiger partial charge in [0.05, 0.1) is 0 Å². The predicted octanol–water partition coefficient (Wildman–Crippen LogP) is 2.27. The van der Waals surface area contributed by atoms with Gasteiger partial charge < -0.3 is 16.2 Å². The molecule has 1 saturated carbocycles. The summed E-state index contributed by atoms with van der Waals surface area (Å²) in [5.41, 5.74) is 5.96. The van der Waals surface area contributed by atoms with Crippen LogP contribution >= 0.6 is 0 Å². The average Bonchev–Trinajstić information content (AvgIpc) is 2.37. The van der Waals surface area contributed by atoms with Gasteiger partial charge in [-0.3, -0.25) is 4.99 Å².